The number of para-hydroxylation sites is 1. The predicted molar refractivity (Wildman–Crippen MR) is 77.1 cm³/mol. The molecule has 0 fully saturated rings. The Kier molecular flexibility index (Phi) is 2.41. The molecule has 4 aromatic rings. The van der Waals surface area contributed by atoms with E-state index < -0.39 is 5.63 Å². The normalized spacial score (nSPS) is 11.3. The van der Waals surface area contributed by atoms with Crippen LogP contribution in [0.3, 0.4) is 0 Å². The molecule has 0 bridgehead atoms. The van der Waals surface area contributed by atoms with Crippen molar-refractivity contribution in [2.75, 3.05) is 0 Å². The molecule has 0 atom stereocenters. The third-order valence-electron chi connectivity index (χ3n) is 3.39. The van der Waals surface area contributed by atoms with Gasteiger partial charge in [-0.15, -0.1) is 0 Å². The lowest BCUT2D eigenvalue weighted by Crippen LogP contribution is -2.01. The molecule has 0 aliphatic rings. The Bertz CT molecular complexity index is 1030. The van der Waals surface area contributed by atoms with E-state index in [2.05, 4.69) is 4.98 Å². The zero-order valence-corrected chi connectivity index (χ0v) is 10.8. The Balaban J connectivity index is 2.18. The molecule has 5 heteroatoms. The Labute approximate surface area is 118 Å². The monoisotopic (exact) mass is 280 g/mol. The van der Waals surface area contributed by atoms with Crippen LogP contribution >= 0.6 is 0 Å². The first-order chi connectivity index (χ1) is 10.2. The molecule has 0 saturated carbocycles. The third-order valence-corrected chi connectivity index (χ3v) is 3.39. The van der Waals surface area contributed by atoms with Gasteiger partial charge in [0.15, 0.2) is 5.52 Å². The standard InChI is InChI=1S/C16H9FN2O2/c17-10-4-3-5-11(8-10)19-9-18-14-15(19)12-6-1-2-7-13(12)21-16(14)20/h1-9H. The first-order valence-corrected chi connectivity index (χ1v) is 6.39. The van der Waals surface area contributed by atoms with Gasteiger partial charge in [-0.25, -0.2) is 14.2 Å². The van der Waals surface area contributed by atoms with Crippen molar-refractivity contribution in [2.45, 2.75) is 0 Å². The summed E-state index contributed by atoms with van der Waals surface area (Å²) in [6.45, 7) is 0. The van der Waals surface area contributed by atoms with Crippen LogP contribution in [0.1, 0.15) is 0 Å². The minimum atomic E-state index is -0.501. The van der Waals surface area contributed by atoms with Crippen molar-refractivity contribution in [3.63, 3.8) is 0 Å². The lowest BCUT2D eigenvalue weighted by atomic mass is 10.2. The molecule has 0 aliphatic carbocycles. The van der Waals surface area contributed by atoms with E-state index in [1.807, 2.05) is 12.1 Å². The number of nitrogens with zero attached hydrogens (tertiary/aromatic N) is 2. The summed E-state index contributed by atoms with van der Waals surface area (Å²) >= 11 is 0. The molecule has 0 amide bonds. The highest BCUT2D eigenvalue weighted by Gasteiger charge is 2.14. The van der Waals surface area contributed by atoms with Gasteiger partial charge in [0, 0.05) is 5.39 Å². The minimum absolute atomic E-state index is 0.234. The molecule has 0 aliphatic heterocycles. The summed E-state index contributed by atoms with van der Waals surface area (Å²) in [6, 6.07) is 13.3. The van der Waals surface area contributed by atoms with Crippen molar-refractivity contribution in [3.05, 3.63) is 71.1 Å². The van der Waals surface area contributed by atoms with Gasteiger partial charge in [-0.05, 0) is 30.3 Å². The van der Waals surface area contributed by atoms with Gasteiger partial charge in [-0.2, -0.15) is 0 Å². The van der Waals surface area contributed by atoms with E-state index in [1.54, 1.807) is 28.8 Å². The Morgan fingerprint density at radius 2 is 1.95 bits per heavy atom. The highest BCUT2D eigenvalue weighted by Crippen LogP contribution is 2.24. The van der Waals surface area contributed by atoms with Crippen molar-refractivity contribution in [1.29, 1.82) is 0 Å². The van der Waals surface area contributed by atoms with Gasteiger partial charge in [0.2, 0.25) is 0 Å². The van der Waals surface area contributed by atoms with Crippen LogP contribution in [0, 0.1) is 5.82 Å². The molecule has 0 N–H and O–H groups in total. The molecule has 2 aromatic carbocycles. The summed E-state index contributed by atoms with van der Waals surface area (Å²) in [5, 5.41) is 0.758. The van der Waals surface area contributed by atoms with Gasteiger partial charge in [-0.3, -0.25) is 4.57 Å². The lowest BCUT2D eigenvalue weighted by Gasteiger charge is -2.06. The number of hydrogen-bond acceptors (Lipinski definition) is 3. The molecule has 0 radical (unpaired) electrons. The van der Waals surface area contributed by atoms with E-state index in [-0.39, 0.29) is 11.3 Å². The fourth-order valence-electron chi connectivity index (χ4n) is 2.48. The maximum atomic E-state index is 13.4. The van der Waals surface area contributed by atoms with E-state index in [0.717, 1.165) is 5.39 Å². The second kappa shape index (κ2) is 4.28. The van der Waals surface area contributed by atoms with Crippen molar-refractivity contribution in [2.24, 2.45) is 0 Å². The lowest BCUT2D eigenvalue weighted by molar-refractivity contribution is 0.568. The first-order valence-electron chi connectivity index (χ1n) is 6.39. The maximum absolute atomic E-state index is 13.4. The highest BCUT2D eigenvalue weighted by molar-refractivity contribution is 6.01. The molecule has 2 aromatic heterocycles. The highest BCUT2D eigenvalue weighted by atomic mass is 19.1. The molecule has 21 heavy (non-hydrogen) atoms. The second-order valence-electron chi connectivity index (χ2n) is 4.68. The summed E-state index contributed by atoms with van der Waals surface area (Å²) in [5.74, 6) is -0.346. The van der Waals surface area contributed by atoms with Crippen LogP contribution in [-0.4, -0.2) is 9.55 Å². The Hall–Kier alpha value is -2.95. The van der Waals surface area contributed by atoms with E-state index in [1.165, 1.54) is 18.5 Å². The van der Waals surface area contributed by atoms with Crippen molar-refractivity contribution >= 4 is 22.0 Å². The van der Waals surface area contributed by atoms with E-state index in [4.69, 9.17) is 4.42 Å². The SMILES string of the molecule is O=c1oc2ccccc2c2c1ncn2-c1cccc(F)c1. The number of fused-ring (bicyclic) bond motifs is 3. The van der Waals surface area contributed by atoms with Crippen LogP contribution in [0.15, 0.2) is 64.1 Å². The summed E-state index contributed by atoms with van der Waals surface area (Å²) in [5.41, 5.74) is 1.44. The quantitative estimate of drug-likeness (QED) is 0.503. The average Bonchev–Trinajstić information content (AvgIpc) is 2.93. The molecule has 0 saturated heterocycles. The van der Waals surface area contributed by atoms with Crippen molar-refractivity contribution in [3.8, 4) is 5.69 Å². The molecule has 4 rings (SSSR count). The van der Waals surface area contributed by atoms with Gasteiger partial charge < -0.3 is 4.42 Å². The van der Waals surface area contributed by atoms with Gasteiger partial charge >= 0.3 is 5.63 Å². The van der Waals surface area contributed by atoms with Crippen LogP contribution in [0.25, 0.3) is 27.7 Å². The Morgan fingerprint density at radius 3 is 2.81 bits per heavy atom. The molecular formula is C16H9FN2O2. The predicted octanol–water partition coefficient (Wildman–Crippen LogP) is 3.27. The zero-order valence-electron chi connectivity index (χ0n) is 10.8. The number of hydrogen-bond donors (Lipinski definition) is 0. The van der Waals surface area contributed by atoms with Gasteiger partial charge in [0.25, 0.3) is 0 Å². The summed E-state index contributed by atoms with van der Waals surface area (Å²) in [4.78, 5) is 16.1. The molecule has 2 heterocycles. The van der Waals surface area contributed by atoms with E-state index in [9.17, 15) is 9.18 Å². The van der Waals surface area contributed by atoms with Crippen LogP contribution < -0.4 is 5.63 Å². The maximum Gasteiger partial charge on any atom is 0.364 e. The number of aromatic nitrogens is 2. The third kappa shape index (κ3) is 1.74. The smallest absolute Gasteiger partial charge is 0.364 e. The van der Waals surface area contributed by atoms with Crippen molar-refractivity contribution < 1.29 is 8.81 Å². The van der Waals surface area contributed by atoms with Crippen LogP contribution in [0.5, 0.6) is 0 Å². The van der Waals surface area contributed by atoms with Crippen molar-refractivity contribution in [1.82, 2.24) is 9.55 Å². The fourth-order valence-corrected chi connectivity index (χ4v) is 2.48. The van der Waals surface area contributed by atoms with Crippen LogP contribution in [0.4, 0.5) is 4.39 Å². The zero-order chi connectivity index (χ0) is 14.4. The molecular weight excluding hydrogens is 271 g/mol. The topological polar surface area (TPSA) is 48.0 Å². The summed E-state index contributed by atoms with van der Waals surface area (Å²) < 4.78 is 20.4. The van der Waals surface area contributed by atoms with E-state index >= 15 is 0 Å². The molecule has 0 unspecified atom stereocenters. The minimum Gasteiger partial charge on any atom is -0.421 e. The number of rotatable bonds is 1. The van der Waals surface area contributed by atoms with Gasteiger partial charge in [0.05, 0.1) is 11.2 Å². The second-order valence-corrected chi connectivity index (χ2v) is 4.68. The van der Waals surface area contributed by atoms with Crippen LogP contribution in [-0.2, 0) is 0 Å². The largest absolute Gasteiger partial charge is 0.421 e. The Morgan fingerprint density at radius 1 is 1.10 bits per heavy atom. The molecule has 0 spiro atoms. The first kappa shape index (κ1) is 11.8. The van der Waals surface area contributed by atoms with Crippen LogP contribution in [0.2, 0.25) is 0 Å². The summed E-state index contributed by atoms with van der Waals surface area (Å²) in [7, 11) is 0. The summed E-state index contributed by atoms with van der Waals surface area (Å²) in [6.07, 6.45) is 1.50. The molecule has 102 valence electrons. The molecule has 4 nitrogen and oxygen atoms in total. The fraction of sp³-hybridized carbons (Fsp3) is 0. The number of halogens is 1. The average molecular weight is 280 g/mol. The number of imidazole rings is 1. The van der Waals surface area contributed by atoms with Gasteiger partial charge in [0.1, 0.15) is 17.7 Å². The number of benzene rings is 2. The van der Waals surface area contributed by atoms with Gasteiger partial charge in [-0.1, -0.05) is 18.2 Å². The van der Waals surface area contributed by atoms with E-state index in [0.29, 0.717) is 16.8 Å².